The van der Waals surface area contributed by atoms with E-state index in [0.717, 1.165) is 15.6 Å². The summed E-state index contributed by atoms with van der Waals surface area (Å²) in [5, 5.41) is 22.2. The third-order valence-electron chi connectivity index (χ3n) is 2.48. The number of hydrogen-bond acceptors (Lipinski definition) is 3. The second kappa shape index (κ2) is 6.53. The molecule has 4 N–H and O–H groups in total. The van der Waals surface area contributed by atoms with Crippen LogP contribution in [0.2, 0.25) is 0 Å². The number of amides is 2. The van der Waals surface area contributed by atoms with Crippen molar-refractivity contribution in [1.29, 1.82) is 0 Å². The summed E-state index contributed by atoms with van der Waals surface area (Å²) in [6, 6.07) is 1.51. The number of nitrogens with one attached hydrogen (secondary N) is 2. The number of aryl methyl sites for hydroxylation is 2. The Balaban J connectivity index is 2.75. The Kier molecular flexibility index (Phi) is 5.31. The van der Waals surface area contributed by atoms with Gasteiger partial charge < -0.3 is 20.8 Å². The first kappa shape index (κ1) is 15.5. The topological polar surface area (TPSA) is 98.7 Å². The molecule has 0 aromatic heterocycles. The molecule has 0 bridgehead atoms. The average Bonchev–Trinajstić information content (AvgIpc) is 2.32. The Morgan fingerprint density at radius 1 is 1.32 bits per heavy atom. The third kappa shape index (κ3) is 4.22. The van der Waals surface area contributed by atoms with Crippen LogP contribution in [-0.2, 0) is 4.79 Å². The number of rotatable bonds is 4. The molecule has 1 atom stereocenters. The van der Waals surface area contributed by atoms with Gasteiger partial charge in [-0.2, -0.15) is 0 Å². The highest BCUT2D eigenvalue weighted by Gasteiger charge is 2.18. The molecule has 6 nitrogen and oxygen atoms in total. The molecule has 0 heterocycles. The summed E-state index contributed by atoms with van der Waals surface area (Å²) < 4.78 is 0.956. The maximum Gasteiger partial charge on any atom is 0.328 e. The zero-order valence-corrected chi connectivity index (χ0v) is 12.1. The largest absolute Gasteiger partial charge is 0.480 e. The summed E-state index contributed by atoms with van der Waals surface area (Å²) in [6.45, 7) is 3.10. The molecule has 1 rings (SSSR count). The van der Waals surface area contributed by atoms with Gasteiger partial charge in [0.15, 0.2) is 6.04 Å². The van der Waals surface area contributed by atoms with E-state index < -0.39 is 24.6 Å². The lowest BCUT2D eigenvalue weighted by Crippen LogP contribution is -2.45. The molecule has 0 aliphatic heterocycles. The highest BCUT2D eigenvalue weighted by Crippen LogP contribution is 2.24. The van der Waals surface area contributed by atoms with E-state index in [4.69, 9.17) is 10.2 Å². The van der Waals surface area contributed by atoms with Gasteiger partial charge in [-0.25, -0.2) is 9.59 Å². The summed E-state index contributed by atoms with van der Waals surface area (Å²) in [5.74, 6) is -1.29. The number of anilines is 1. The van der Waals surface area contributed by atoms with Gasteiger partial charge in [-0.1, -0.05) is 15.9 Å². The fourth-order valence-corrected chi connectivity index (χ4v) is 1.76. The van der Waals surface area contributed by atoms with Crippen LogP contribution in [0.3, 0.4) is 0 Å². The van der Waals surface area contributed by atoms with Crippen LogP contribution in [0.25, 0.3) is 0 Å². The molecular weight excluding hydrogens is 316 g/mol. The molecule has 0 unspecified atom stereocenters. The molecule has 104 valence electrons. The SMILES string of the molecule is Cc1cc(NC(=O)N[C@@H](CO)C(=O)O)cc(C)c1Br. The first-order chi connectivity index (χ1) is 8.85. The monoisotopic (exact) mass is 330 g/mol. The molecule has 0 saturated carbocycles. The Morgan fingerprint density at radius 2 is 1.84 bits per heavy atom. The highest BCUT2D eigenvalue weighted by atomic mass is 79.9. The van der Waals surface area contributed by atoms with Gasteiger partial charge in [0.2, 0.25) is 0 Å². The number of carbonyl (C=O) groups excluding carboxylic acids is 1. The lowest BCUT2D eigenvalue weighted by atomic mass is 10.1. The molecule has 1 aromatic carbocycles. The average molecular weight is 331 g/mol. The second-order valence-corrected chi connectivity index (χ2v) is 4.89. The quantitative estimate of drug-likeness (QED) is 0.674. The molecule has 0 aliphatic carbocycles. The lowest BCUT2D eigenvalue weighted by Gasteiger charge is -2.14. The van der Waals surface area contributed by atoms with Gasteiger partial charge in [-0.05, 0) is 37.1 Å². The van der Waals surface area contributed by atoms with Crippen molar-refractivity contribution < 1.29 is 19.8 Å². The zero-order valence-electron chi connectivity index (χ0n) is 10.5. The van der Waals surface area contributed by atoms with Crippen LogP contribution < -0.4 is 10.6 Å². The van der Waals surface area contributed by atoms with Crippen molar-refractivity contribution in [2.75, 3.05) is 11.9 Å². The number of carbonyl (C=O) groups is 2. The maximum atomic E-state index is 11.6. The number of carboxylic acids is 1. The standard InChI is InChI=1S/C12H15BrN2O4/c1-6-3-8(4-7(2)10(6)13)14-12(19)15-9(5-16)11(17)18/h3-4,9,16H,5H2,1-2H3,(H,17,18)(H2,14,15,19)/t9-/m0/s1. The fourth-order valence-electron chi connectivity index (χ4n) is 1.53. The van der Waals surface area contributed by atoms with Gasteiger partial charge in [0, 0.05) is 10.2 Å². The van der Waals surface area contributed by atoms with Crippen LogP contribution in [0.1, 0.15) is 11.1 Å². The van der Waals surface area contributed by atoms with E-state index in [1.807, 2.05) is 13.8 Å². The van der Waals surface area contributed by atoms with Gasteiger partial charge in [-0.3, -0.25) is 0 Å². The number of aliphatic hydroxyl groups is 1. The first-order valence-electron chi connectivity index (χ1n) is 5.53. The highest BCUT2D eigenvalue weighted by molar-refractivity contribution is 9.10. The fraction of sp³-hybridized carbons (Fsp3) is 0.333. The van der Waals surface area contributed by atoms with Crippen molar-refractivity contribution in [3.8, 4) is 0 Å². The van der Waals surface area contributed by atoms with Gasteiger partial charge in [0.25, 0.3) is 0 Å². The molecule has 0 spiro atoms. The number of urea groups is 1. The van der Waals surface area contributed by atoms with Crippen LogP contribution in [0, 0.1) is 13.8 Å². The number of halogens is 1. The zero-order chi connectivity index (χ0) is 14.6. The summed E-state index contributed by atoms with van der Waals surface area (Å²) >= 11 is 3.41. The molecule has 0 aliphatic rings. The smallest absolute Gasteiger partial charge is 0.328 e. The van der Waals surface area contributed by atoms with E-state index in [-0.39, 0.29) is 0 Å². The van der Waals surface area contributed by atoms with Crippen molar-refractivity contribution in [3.63, 3.8) is 0 Å². The first-order valence-corrected chi connectivity index (χ1v) is 6.32. The van der Waals surface area contributed by atoms with Crippen molar-refractivity contribution in [2.24, 2.45) is 0 Å². The van der Waals surface area contributed by atoms with E-state index in [1.165, 1.54) is 0 Å². The normalized spacial score (nSPS) is 11.8. The second-order valence-electron chi connectivity index (χ2n) is 4.10. The molecule has 2 amide bonds. The predicted octanol–water partition coefficient (Wildman–Crippen LogP) is 1.63. The third-order valence-corrected chi connectivity index (χ3v) is 3.73. The minimum absolute atomic E-state index is 0.553. The van der Waals surface area contributed by atoms with E-state index in [1.54, 1.807) is 12.1 Å². The van der Waals surface area contributed by atoms with E-state index in [0.29, 0.717) is 5.69 Å². The van der Waals surface area contributed by atoms with E-state index in [9.17, 15) is 9.59 Å². The Hall–Kier alpha value is -1.60. The number of aliphatic carboxylic acids is 1. The predicted molar refractivity (Wildman–Crippen MR) is 74.3 cm³/mol. The Labute approximate surface area is 118 Å². The summed E-state index contributed by atoms with van der Waals surface area (Å²) in [6.07, 6.45) is 0. The molecular formula is C12H15BrN2O4. The summed E-state index contributed by atoms with van der Waals surface area (Å²) in [7, 11) is 0. The van der Waals surface area contributed by atoms with Crippen LogP contribution in [0.5, 0.6) is 0 Å². The van der Waals surface area contributed by atoms with Crippen molar-refractivity contribution in [2.45, 2.75) is 19.9 Å². The van der Waals surface area contributed by atoms with Crippen LogP contribution in [0.15, 0.2) is 16.6 Å². The molecule has 1 aromatic rings. The molecule has 0 fully saturated rings. The van der Waals surface area contributed by atoms with Crippen LogP contribution in [-0.4, -0.2) is 34.9 Å². The number of carboxylic acid groups (broad SMARTS) is 1. The molecule has 0 saturated heterocycles. The van der Waals surface area contributed by atoms with Gasteiger partial charge in [0.05, 0.1) is 6.61 Å². The Bertz CT molecular complexity index is 481. The molecule has 7 heteroatoms. The lowest BCUT2D eigenvalue weighted by molar-refractivity contribution is -0.140. The summed E-state index contributed by atoms with van der Waals surface area (Å²) in [5.41, 5.74) is 2.46. The number of aliphatic hydroxyl groups excluding tert-OH is 1. The van der Waals surface area contributed by atoms with Crippen LogP contribution >= 0.6 is 15.9 Å². The maximum absolute atomic E-state index is 11.6. The van der Waals surface area contributed by atoms with Crippen molar-refractivity contribution in [3.05, 3.63) is 27.7 Å². The minimum atomic E-state index is -1.32. The van der Waals surface area contributed by atoms with Crippen molar-refractivity contribution >= 4 is 33.6 Å². The Morgan fingerprint density at radius 3 is 2.26 bits per heavy atom. The van der Waals surface area contributed by atoms with Crippen molar-refractivity contribution in [1.82, 2.24) is 5.32 Å². The van der Waals surface area contributed by atoms with E-state index >= 15 is 0 Å². The minimum Gasteiger partial charge on any atom is -0.480 e. The number of hydrogen-bond donors (Lipinski definition) is 4. The molecule has 0 radical (unpaired) electrons. The van der Waals surface area contributed by atoms with Gasteiger partial charge in [-0.15, -0.1) is 0 Å². The van der Waals surface area contributed by atoms with Gasteiger partial charge in [0.1, 0.15) is 0 Å². The van der Waals surface area contributed by atoms with Crippen LogP contribution in [0.4, 0.5) is 10.5 Å². The summed E-state index contributed by atoms with van der Waals surface area (Å²) in [4.78, 5) is 22.2. The van der Waals surface area contributed by atoms with Gasteiger partial charge >= 0.3 is 12.0 Å². The number of benzene rings is 1. The van der Waals surface area contributed by atoms with E-state index in [2.05, 4.69) is 26.6 Å². The molecule has 19 heavy (non-hydrogen) atoms.